The van der Waals surface area contributed by atoms with E-state index in [1.54, 1.807) is 18.3 Å². The van der Waals surface area contributed by atoms with Crippen molar-refractivity contribution >= 4 is 27.4 Å². The molecule has 0 amide bonds. The lowest BCUT2D eigenvalue weighted by molar-refractivity contribution is -0.387. The summed E-state index contributed by atoms with van der Waals surface area (Å²) in [4.78, 5) is 14.0. The number of benzene rings is 2. The third kappa shape index (κ3) is 4.13. The fourth-order valence-electron chi connectivity index (χ4n) is 2.52. The molecular weight excluding hydrogens is 338 g/mol. The van der Waals surface area contributed by atoms with Crippen LogP contribution in [0.15, 0.2) is 71.1 Å². The third-order valence-electron chi connectivity index (χ3n) is 3.71. The van der Waals surface area contributed by atoms with E-state index in [4.69, 9.17) is 0 Å². The lowest BCUT2D eigenvalue weighted by Crippen LogP contribution is -2.10. The fraction of sp³-hybridized carbons (Fsp3) is 0.111. The lowest BCUT2D eigenvalue weighted by Gasteiger charge is -2.00. The van der Waals surface area contributed by atoms with Gasteiger partial charge in [-0.2, -0.15) is 0 Å². The zero-order valence-corrected chi connectivity index (χ0v) is 14.2. The largest absolute Gasteiger partial charge is 0.390 e. The first-order valence-electron chi connectivity index (χ1n) is 7.76. The maximum atomic E-state index is 12.2. The van der Waals surface area contributed by atoms with E-state index in [0.717, 1.165) is 17.6 Å². The Hall–Kier alpha value is -2.93. The quantitative estimate of drug-likeness (QED) is 0.386. The van der Waals surface area contributed by atoms with Gasteiger partial charge >= 0.3 is 0 Å². The molecule has 2 N–H and O–H groups in total. The topological polar surface area (TPSA) is 88.0 Å². The number of aromatic nitrogens is 1. The first-order valence-corrected chi connectivity index (χ1v) is 8.97. The molecule has 25 heavy (non-hydrogen) atoms. The van der Waals surface area contributed by atoms with Gasteiger partial charge in [-0.1, -0.05) is 30.3 Å². The third-order valence-corrected chi connectivity index (χ3v) is 4.87. The van der Waals surface area contributed by atoms with Gasteiger partial charge in [-0.05, 0) is 23.6 Å². The van der Waals surface area contributed by atoms with Gasteiger partial charge in [0.05, 0.1) is 15.7 Å². The summed E-state index contributed by atoms with van der Waals surface area (Å²) < 4.78 is 12.2. The van der Waals surface area contributed by atoms with Crippen molar-refractivity contribution in [1.29, 1.82) is 0 Å². The summed E-state index contributed by atoms with van der Waals surface area (Å²) in [6.07, 6.45) is 2.37. The van der Waals surface area contributed by atoms with Crippen molar-refractivity contribution in [2.75, 3.05) is 6.54 Å². The second-order valence-electron chi connectivity index (χ2n) is 5.41. The van der Waals surface area contributed by atoms with Crippen LogP contribution in [0.5, 0.6) is 0 Å². The standard InChI is InChI=1S/C18H17N3O3S/c22-21(23)17-7-3-4-8-18(17)25(24)12-11-19-10-9-15-13-14-5-1-2-6-16(14)20-15/h1-8,11-13,19-20H,9-10H2/b12-11+/t25-/m1/s1. The molecule has 7 heteroatoms. The maximum absolute atomic E-state index is 12.2. The van der Waals surface area contributed by atoms with Crippen LogP contribution in [0.1, 0.15) is 5.69 Å². The monoisotopic (exact) mass is 355 g/mol. The number of hydrogen-bond donors (Lipinski definition) is 2. The number of hydrogen-bond acceptors (Lipinski definition) is 4. The normalized spacial score (nSPS) is 12.5. The van der Waals surface area contributed by atoms with Crippen LogP contribution in [0.4, 0.5) is 5.69 Å². The first-order chi connectivity index (χ1) is 12.1. The molecule has 0 aliphatic rings. The van der Waals surface area contributed by atoms with Crippen LogP contribution in [0.2, 0.25) is 0 Å². The Morgan fingerprint density at radius 3 is 2.72 bits per heavy atom. The Balaban J connectivity index is 1.55. The van der Waals surface area contributed by atoms with Crippen LogP contribution in [-0.4, -0.2) is 20.7 Å². The smallest absolute Gasteiger partial charge is 0.285 e. The number of nitro benzene ring substituents is 1. The molecule has 0 unspecified atom stereocenters. The molecule has 1 aromatic heterocycles. The Kier molecular flexibility index (Phi) is 5.25. The second kappa shape index (κ2) is 7.76. The van der Waals surface area contributed by atoms with Crippen molar-refractivity contribution in [3.05, 3.63) is 82.0 Å². The summed E-state index contributed by atoms with van der Waals surface area (Å²) in [5, 5.41) is 16.6. The summed E-state index contributed by atoms with van der Waals surface area (Å²) in [6, 6.07) is 16.2. The van der Waals surface area contributed by atoms with E-state index in [1.165, 1.54) is 22.9 Å². The van der Waals surface area contributed by atoms with Gasteiger partial charge < -0.3 is 10.3 Å². The average Bonchev–Trinajstić information content (AvgIpc) is 3.04. The Morgan fingerprint density at radius 1 is 1.16 bits per heavy atom. The molecule has 1 heterocycles. The van der Waals surface area contributed by atoms with Crippen molar-refractivity contribution in [2.45, 2.75) is 11.3 Å². The molecule has 3 rings (SSSR count). The van der Waals surface area contributed by atoms with Crippen molar-refractivity contribution in [3.63, 3.8) is 0 Å². The van der Waals surface area contributed by atoms with Gasteiger partial charge in [-0.3, -0.25) is 10.1 Å². The van der Waals surface area contributed by atoms with Gasteiger partial charge in [-0.25, -0.2) is 4.21 Å². The van der Waals surface area contributed by atoms with Crippen LogP contribution in [0, 0.1) is 10.1 Å². The molecule has 0 fully saturated rings. The highest BCUT2D eigenvalue weighted by Crippen LogP contribution is 2.21. The van der Waals surface area contributed by atoms with E-state index in [9.17, 15) is 14.3 Å². The molecule has 3 aromatic rings. The van der Waals surface area contributed by atoms with E-state index >= 15 is 0 Å². The lowest BCUT2D eigenvalue weighted by atomic mass is 10.2. The summed E-state index contributed by atoms with van der Waals surface area (Å²) in [7, 11) is -1.57. The van der Waals surface area contributed by atoms with Gasteiger partial charge in [0.25, 0.3) is 5.69 Å². The summed E-state index contributed by atoms with van der Waals surface area (Å²) >= 11 is 0. The van der Waals surface area contributed by atoms with E-state index in [0.29, 0.717) is 6.54 Å². The highest BCUT2D eigenvalue weighted by atomic mass is 32.2. The number of nitrogens with one attached hydrogen (secondary N) is 2. The van der Waals surface area contributed by atoms with Crippen molar-refractivity contribution in [2.24, 2.45) is 0 Å². The molecule has 0 aliphatic heterocycles. The van der Waals surface area contributed by atoms with Crippen molar-refractivity contribution in [1.82, 2.24) is 10.3 Å². The van der Waals surface area contributed by atoms with Gasteiger partial charge in [-0.15, -0.1) is 0 Å². The molecule has 128 valence electrons. The molecule has 0 saturated heterocycles. The van der Waals surface area contributed by atoms with Gasteiger partial charge in [0.15, 0.2) is 0 Å². The molecule has 0 radical (unpaired) electrons. The predicted octanol–water partition coefficient (Wildman–Crippen LogP) is 3.49. The highest BCUT2D eigenvalue weighted by Gasteiger charge is 2.15. The minimum absolute atomic E-state index is 0.136. The Labute approximate surface area is 147 Å². The van der Waals surface area contributed by atoms with E-state index < -0.39 is 15.7 Å². The fourth-order valence-corrected chi connectivity index (χ4v) is 3.45. The van der Waals surface area contributed by atoms with Crippen LogP contribution >= 0.6 is 0 Å². The molecular formula is C18H17N3O3S. The number of rotatable bonds is 7. The minimum atomic E-state index is -1.57. The van der Waals surface area contributed by atoms with Crippen LogP contribution in [0.25, 0.3) is 10.9 Å². The van der Waals surface area contributed by atoms with E-state index in [2.05, 4.69) is 22.4 Å². The van der Waals surface area contributed by atoms with Gasteiger partial charge in [0.2, 0.25) is 0 Å². The molecule has 1 atom stereocenters. The summed E-state index contributed by atoms with van der Waals surface area (Å²) in [5.74, 6) is 0. The number of H-pyrrole nitrogens is 1. The zero-order chi connectivity index (χ0) is 17.6. The number of para-hydroxylation sites is 2. The number of aromatic amines is 1. The van der Waals surface area contributed by atoms with Crippen LogP contribution in [-0.2, 0) is 17.2 Å². The molecule has 0 spiro atoms. The first kappa shape index (κ1) is 16.9. The predicted molar refractivity (Wildman–Crippen MR) is 98.7 cm³/mol. The second-order valence-corrected chi connectivity index (χ2v) is 6.72. The SMILES string of the molecule is O=[N+]([O-])c1ccccc1[S@](=O)/C=C/NCCc1cc2ccccc2[nH]1. The van der Waals surface area contributed by atoms with Gasteiger partial charge in [0.1, 0.15) is 4.90 Å². The van der Waals surface area contributed by atoms with Crippen LogP contribution in [0.3, 0.4) is 0 Å². The maximum Gasteiger partial charge on any atom is 0.285 e. The molecule has 0 aliphatic carbocycles. The number of nitro groups is 1. The van der Waals surface area contributed by atoms with Crippen molar-refractivity contribution in [3.8, 4) is 0 Å². The Morgan fingerprint density at radius 2 is 1.92 bits per heavy atom. The van der Waals surface area contributed by atoms with E-state index in [-0.39, 0.29) is 10.6 Å². The molecule has 2 aromatic carbocycles. The molecule has 0 saturated carbocycles. The zero-order valence-electron chi connectivity index (χ0n) is 13.3. The Bertz CT molecular complexity index is 916. The summed E-state index contributed by atoms with van der Waals surface area (Å²) in [6.45, 7) is 0.664. The molecule has 0 bridgehead atoms. The van der Waals surface area contributed by atoms with Crippen molar-refractivity contribution < 1.29 is 9.13 Å². The molecule has 6 nitrogen and oxygen atoms in total. The average molecular weight is 355 g/mol. The van der Waals surface area contributed by atoms with Gasteiger partial charge in [0, 0.05) is 41.9 Å². The minimum Gasteiger partial charge on any atom is -0.390 e. The number of nitrogens with zero attached hydrogens (tertiary/aromatic N) is 1. The van der Waals surface area contributed by atoms with E-state index in [1.807, 2.05) is 18.2 Å². The highest BCUT2D eigenvalue weighted by molar-refractivity contribution is 7.88. The summed E-state index contributed by atoms with van der Waals surface area (Å²) in [5.41, 5.74) is 2.08. The van der Waals surface area contributed by atoms with Crippen LogP contribution < -0.4 is 5.32 Å². The number of fused-ring (bicyclic) bond motifs is 1.